The van der Waals surface area contributed by atoms with E-state index in [1.165, 1.54) is 6.07 Å². The Bertz CT molecular complexity index is 444. The van der Waals surface area contributed by atoms with Crippen LogP contribution in [0, 0.1) is 17.0 Å². The molecule has 0 radical (unpaired) electrons. The Morgan fingerprint density at radius 1 is 1.47 bits per heavy atom. The standard InChI is InChI=1S/C12H13F2NO2/c1-12(6-17-5-9(12)15)11(16)10-7(13)3-2-4-8(10)14/h2-4,9H,5-6,15H2,1H3. The average molecular weight is 241 g/mol. The molecule has 3 nitrogen and oxygen atoms in total. The van der Waals surface area contributed by atoms with Crippen molar-refractivity contribution in [3.63, 3.8) is 0 Å². The van der Waals surface area contributed by atoms with E-state index in [1.54, 1.807) is 6.92 Å². The van der Waals surface area contributed by atoms with Gasteiger partial charge in [0.1, 0.15) is 11.6 Å². The van der Waals surface area contributed by atoms with Gasteiger partial charge >= 0.3 is 0 Å². The molecule has 2 rings (SSSR count). The fourth-order valence-corrected chi connectivity index (χ4v) is 1.92. The SMILES string of the molecule is CC1(C(=O)c2c(F)cccc2F)COCC1N. The van der Waals surface area contributed by atoms with E-state index in [0.29, 0.717) is 0 Å². The third-order valence-corrected chi connectivity index (χ3v) is 3.23. The van der Waals surface area contributed by atoms with Crippen molar-refractivity contribution in [3.8, 4) is 0 Å². The van der Waals surface area contributed by atoms with Crippen LogP contribution in [0.5, 0.6) is 0 Å². The molecular weight excluding hydrogens is 228 g/mol. The molecule has 0 spiro atoms. The molecule has 2 N–H and O–H groups in total. The van der Waals surface area contributed by atoms with Gasteiger partial charge in [0.15, 0.2) is 5.78 Å². The highest BCUT2D eigenvalue weighted by molar-refractivity contribution is 6.01. The first-order chi connectivity index (χ1) is 7.97. The normalized spacial score (nSPS) is 28.4. The van der Waals surface area contributed by atoms with Gasteiger partial charge in [-0.2, -0.15) is 0 Å². The summed E-state index contributed by atoms with van der Waals surface area (Å²) >= 11 is 0. The summed E-state index contributed by atoms with van der Waals surface area (Å²) in [5.41, 5.74) is 4.16. The lowest BCUT2D eigenvalue weighted by Crippen LogP contribution is -2.45. The van der Waals surface area contributed by atoms with Crippen molar-refractivity contribution in [2.75, 3.05) is 13.2 Å². The van der Waals surface area contributed by atoms with Gasteiger partial charge < -0.3 is 10.5 Å². The Labute approximate surface area is 97.6 Å². The second-order valence-electron chi connectivity index (χ2n) is 4.46. The van der Waals surface area contributed by atoms with Crippen LogP contribution in [0.25, 0.3) is 0 Å². The van der Waals surface area contributed by atoms with E-state index in [4.69, 9.17) is 10.5 Å². The Hall–Kier alpha value is -1.33. The van der Waals surface area contributed by atoms with Gasteiger partial charge in [-0.15, -0.1) is 0 Å². The minimum Gasteiger partial charge on any atom is -0.379 e. The number of Topliss-reactive ketones (excluding diaryl/α,β-unsaturated/α-hetero) is 1. The summed E-state index contributed by atoms with van der Waals surface area (Å²) in [5, 5.41) is 0. The van der Waals surface area contributed by atoms with Crippen molar-refractivity contribution in [2.45, 2.75) is 13.0 Å². The number of hydrogen-bond acceptors (Lipinski definition) is 3. The van der Waals surface area contributed by atoms with Crippen molar-refractivity contribution in [3.05, 3.63) is 35.4 Å². The largest absolute Gasteiger partial charge is 0.379 e. The van der Waals surface area contributed by atoms with E-state index >= 15 is 0 Å². The van der Waals surface area contributed by atoms with Crippen LogP contribution in [-0.2, 0) is 4.74 Å². The molecule has 1 aromatic carbocycles. The molecule has 17 heavy (non-hydrogen) atoms. The van der Waals surface area contributed by atoms with Gasteiger partial charge in [-0.1, -0.05) is 6.07 Å². The molecule has 0 aliphatic carbocycles. The third-order valence-electron chi connectivity index (χ3n) is 3.23. The maximum Gasteiger partial charge on any atom is 0.178 e. The Balaban J connectivity index is 2.44. The predicted molar refractivity (Wildman–Crippen MR) is 57.6 cm³/mol. The molecule has 0 aromatic heterocycles. The number of hydrogen-bond donors (Lipinski definition) is 1. The fraction of sp³-hybridized carbons (Fsp3) is 0.417. The molecular formula is C12H13F2NO2. The van der Waals surface area contributed by atoms with Crippen LogP contribution in [0.2, 0.25) is 0 Å². The maximum atomic E-state index is 13.5. The van der Waals surface area contributed by atoms with Crippen molar-refractivity contribution in [1.82, 2.24) is 0 Å². The highest BCUT2D eigenvalue weighted by Gasteiger charge is 2.46. The third kappa shape index (κ3) is 1.85. The number of nitrogens with two attached hydrogens (primary N) is 1. The van der Waals surface area contributed by atoms with E-state index in [0.717, 1.165) is 12.1 Å². The van der Waals surface area contributed by atoms with E-state index in [-0.39, 0.29) is 13.2 Å². The average Bonchev–Trinajstić information content (AvgIpc) is 2.60. The highest BCUT2D eigenvalue weighted by Crippen LogP contribution is 2.32. The fourth-order valence-electron chi connectivity index (χ4n) is 1.92. The number of ether oxygens (including phenoxy) is 1. The Kier molecular flexibility index (Phi) is 2.97. The Morgan fingerprint density at radius 3 is 2.53 bits per heavy atom. The topological polar surface area (TPSA) is 52.3 Å². The molecule has 1 aliphatic rings. The van der Waals surface area contributed by atoms with Gasteiger partial charge in [0.25, 0.3) is 0 Å². The van der Waals surface area contributed by atoms with Crippen molar-refractivity contribution < 1.29 is 18.3 Å². The van der Waals surface area contributed by atoms with Crippen molar-refractivity contribution in [2.24, 2.45) is 11.1 Å². The summed E-state index contributed by atoms with van der Waals surface area (Å²) < 4.78 is 32.1. The first-order valence-electron chi connectivity index (χ1n) is 5.29. The molecule has 0 saturated carbocycles. The summed E-state index contributed by atoms with van der Waals surface area (Å²) in [5.74, 6) is -2.37. The van der Waals surface area contributed by atoms with Crippen LogP contribution in [0.4, 0.5) is 8.78 Å². The molecule has 1 saturated heterocycles. The van der Waals surface area contributed by atoms with Crippen LogP contribution in [0.1, 0.15) is 17.3 Å². The summed E-state index contributed by atoms with van der Waals surface area (Å²) in [4.78, 5) is 12.2. The van der Waals surface area contributed by atoms with Crippen LogP contribution < -0.4 is 5.73 Å². The smallest absolute Gasteiger partial charge is 0.178 e. The first-order valence-corrected chi connectivity index (χ1v) is 5.29. The Morgan fingerprint density at radius 2 is 2.06 bits per heavy atom. The molecule has 0 bridgehead atoms. The predicted octanol–water partition coefficient (Wildman–Crippen LogP) is 1.51. The summed E-state index contributed by atoms with van der Waals surface area (Å²) in [6.45, 7) is 1.87. The number of ketones is 1. The van der Waals surface area contributed by atoms with E-state index in [2.05, 4.69) is 0 Å². The molecule has 1 aromatic rings. The summed E-state index contributed by atoms with van der Waals surface area (Å²) in [6, 6.07) is 2.78. The molecule has 2 unspecified atom stereocenters. The summed E-state index contributed by atoms with van der Waals surface area (Å²) in [6.07, 6.45) is 0. The zero-order chi connectivity index (χ0) is 12.6. The van der Waals surface area contributed by atoms with Gasteiger partial charge in [-0.25, -0.2) is 8.78 Å². The maximum absolute atomic E-state index is 13.5. The molecule has 92 valence electrons. The number of halogens is 2. The van der Waals surface area contributed by atoms with Crippen LogP contribution >= 0.6 is 0 Å². The van der Waals surface area contributed by atoms with Gasteiger partial charge in [0, 0.05) is 6.04 Å². The van der Waals surface area contributed by atoms with E-state index in [9.17, 15) is 13.6 Å². The van der Waals surface area contributed by atoms with Crippen molar-refractivity contribution >= 4 is 5.78 Å². The quantitative estimate of drug-likeness (QED) is 0.798. The minimum atomic E-state index is -1.07. The van der Waals surface area contributed by atoms with Gasteiger partial charge in [0.05, 0.1) is 24.2 Å². The van der Waals surface area contributed by atoms with Crippen LogP contribution in [0.3, 0.4) is 0 Å². The highest BCUT2D eigenvalue weighted by atomic mass is 19.1. The van der Waals surface area contributed by atoms with Crippen LogP contribution in [0.15, 0.2) is 18.2 Å². The molecule has 1 aliphatic heterocycles. The number of carbonyl (C=O) groups excluding carboxylic acids is 1. The number of benzene rings is 1. The molecule has 2 atom stereocenters. The zero-order valence-electron chi connectivity index (χ0n) is 9.37. The second-order valence-corrected chi connectivity index (χ2v) is 4.46. The van der Waals surface area contributed by atoms with Crippen LogP contribution in [-0.4, -0.2) is 25.0 Å². The lowest BCUT2D eigenvalue weighted by Gasteiger charge is -2.25. The lowest BCUT2D eigenvalue weighted by molar-refractivity contribution is 0.0758. The number of rotatable bonds is 2. The summed E-state index contributed by atoms with van der Waals surface area (Å²) in [7, 11) is 0. The lowest BCUT2D eigenvalue weighted by atomic mass is 9.78. The number of carbonyl (C=O) groups is 1. The molecule has 1 fully saturated rings. The van der Waals surface area contributed by atoms with E-state index in [1.807, 2.05) is 0 Å². The minimum absolute atomic E-state index is 0.0841. The molecule has 0 amide bonds. The molecule has 5 heteroatoms. The molecule has 1 heterocycles. The zero-order valence-corrected chi connectivity index (χ0v) is 9.37. The monoisotopic (exact) mass is 241 g/mol. The van der Waals surface area contributed by atoms with Crippen molar-refractivity contribution in [1.29, 1.82) is 0 Å². The first kappa shape index (κ1) is 12.1. The van der Waals surface area contributed by atoms with Gasteiger partial charge in [-0.3, -0.25) is 4.79 Å². The van der Waals surface area contributed by atoms with Gasteiger partial charge in [0.2, 0.25) is 0 Å². The van der Waals surface area contributed by atoms with E-state index < -0.39 is 34.4 Å². The second kappa shape index (κ2) is 4.16. The van der Waals surface area contributed by atoms with Gasteiger partial charge in [-0.05, 0) is 19.1 Å².